The fraction of sp³-hybridized carbons (Fsp3) is 0.455. The van der Waals surface area contributed by atoms with E-state index in [1.54, 1.807) is 19.2 Å². The highest BCUT2D eigenvalue weighted by Crippen LogP contribution is 2.16. The highest BCUT2D eigenvalue weighted by atomic mass is 16.5. The summed E-state index contributed by atoms with van der Waals surface area (Å²) < 4.78 is 5.02. The summed E-state index contributed by atoms with van der Waals surface area (Å²) in [5.41, 5.74) is 6.64. The van der Waals surface area contributed by atoms with Gasteiger partial charge in [-0.1, -0.05) is 12.1 Å². The minimum Gasteiger partial charge on any atom is -0.508 e. The minimum absolute atomic E-state index is 0.274. The molecular weight excluding hydrogens is 178 g/mol. The van der Waals surface area contributed by atoms with E-state index < -0.39 is 0 Å². The Morgan fingerprint density at radius 2 is 2.21 bits per heavy atom. The average Bonchev–Trinajstić information content (AvgIpc) is 2.02. The van der Waals surface area contributed by atoms with E-state index in [-0.39, 0.29) is 11.3 Å². The van der Waals surface area contributed by atoms with Crippen molar-refractivity contribution in [1.82, 2.24) is 0 Å². The second kappa shape index (κ2) is 4.44. The monoisotopic (exact) mass is 195 g/mol. The zero-order chi connectivity index (χ0) is 10.6. The lowest BCUT2D eigenvalue weighted by atomic mass is 9.95. The Labute approximate surface area is 84.5 Å². The Kier molecular flexibility index (Phi) is 3.49. The second-order valence-corrected chi connectivity index (χ2v) is 3.93. The Balaban J connectivity index is 2.68. The molecule has 1 unspecified atom stereocenters. The van der Waals surface area contributed by atoms with Gasteiger partial charge < -0.3 is 15.6 Å². The van der Waals surface area contributed by atoms with E-state index in [0.29, 0.717) is 13.0 Å². The van der Waals surface area contributed by atoms with Crippen LogP contribution in [0.4, 0.5) is 0 Å². The molecule has 14 heavy (non-hydrogen) atoms. The largest absolute Gasteiger partial charge is 0.508 e. The molecular formula is C11H17NO2. The number of rotatable bonds is 4. The van der Waals surface area contributed by atoms with Gasteiger partial charge in [-0.3, -0.25) is 0 Å². The van der Waals surface area contributed by atoms with Gasteiger partial charge in [0.1, 0.15) is 5.75 Å². The normalized spacial score (nSPS) is 15.1. The molecule has 0 bridgehead atoms. The molecule has 3 heteroatoms. The van der Waals surface area contributed by atoms with Crippen LogP contribution in [0.1, 0.15) is 12.5 Å². The number of phenolic OH excluding ortho intramolecular Hbond substituents is 1. The maximum Gasteiger partial charge on any atom is 0.115 e. The first-order chi connectivity index (χ1) is 6.53. The maximum atomic E-state index is 9.27. The summed E-state index contributed by atoms with van der Waals surface area (Å²) in [7, 11) is 1.63. The topological polar surface area (TPSA) is 55.5 Å². The van der Waals surface area contributed by atoms with Crippen LogP contribution >= 0.6 is 0 Å². The van der Waals surface area contributed by atoms with Crippen LogP contribution in [0.3, 0.4) is 0 Å². The number of hydrogen-bond donors (Lipinski definition) is 2. The molecule has 3 N–H and O–H groups in total. The molecule has 0 fully saturated rings. The van der Waals surface area contributed by atoms with Crippen LogP contribution in [0, 0.1) is 0 Å². The molecule has 0 aliphatic carbocycles. The summed E-state index contributed by atoms with van der Waals surface area (Å²) in [6, 6.07) is 7.13. The van der Waals surface area contributed by atoms with Crippen molar-refractivity contribution in [2.24, 2.45) is 5.73 Å². The van der Waals surface area contributed by atoms with Crippen molar-refractivity contribution >= 4 is 0 Å². The van der Waals surface area contributed by atoms with Crippen LogP contribution in [0.15, 0.2) is 24.3 Å². The lowest BCUT2D eigenvalue weighted by molar-refractivity contribution is 0.141. The summed E-state index contributed by atoms with van der Waals surface area (Å²) in [4.78, 5) is 0. The smallest absolute Gasteiger partial charge is 0.115 e. The van der Waals surface area contributed by atoms with Gasteiger partial charge in [-0.15, -0.1) is 0 Å². The molecule has 0 saturated heterocycles. The highest BCUT2D eigenvalue weighted by Gasteiger charge is 2.18. The molecule has 1 aromatic carbocycles. The summed E-state index contributed by atoms with van der Waals surface area (Å²) in [6.45, 7) is 2.43. The summed E-state index contributed by atoms with van der Waals surface area (Å²) >= 11 is 0. The molecule has 3 nitrogen and oxygen atoms in total. The van der Waals surface area contributed by atoms with Crippen molar-refractivity contribution in [1.29, 1.82) is 0 Å². The molecule has 0 aliphatic rings. The lowest BCUT2D eigenvalue weighted by Gasteiger charge is -2.23. The van der Waals surface area contributed by atoms with Crippen molar-refractivity contribution in [3.05, 3.63) is 29.8 Å². The van der Waals surface area contributed by atoms with Gasteiger partial charge in [0, 0.05) is 12.6 Å². The van der Waals surface area contributed by atoms with E-state index in [1.807, 2.05) is 19.1 Å². The summed E-state index contributed by atoms with van der Waals surface area (Å²) in [5, 5.41) is 9.27. The van der Waals surface area contributed by atoms with Crippen LogP contribution in [0.5, 0.6) is 5.75 Å². The van der Waals surface area contributed by atoms with Crippen LogP contribution < -0.4 is 5.73 Å². The Bertz CT molecular complexity index is 297. The fourth-order valence-electron chi connectivity index (χ4n) is 1.51. The van der Waals surface area contributed by atoms with Crippen LogP contribution in [0.25, 0.3) is 0 Å². The number of methoxy groups -OCH3 is 1. The number of nitrogens with two attached hydrogens (primary N) is 1. The Morgan fingerprint density at radius 1 is 1.50 bits per heavy atom. The van der Waals surface area contributed by atoms with E-state index in [9.17, 15) is 5.11 Å². The highest BCUT2D eigenvalue weighted by molar-refractivity contribution is 5.28. The first-order valence-electron chi connectivity index (χ1n) is 4.59. The molecule has 0 saturated carbocycles. The summed E-state index contributed by atoms with van der Waals surface area (Å²) in [6.07, 6.45) is 0.690. The Hall–Kier alpha value is -1.06. The van der Waals surface area contributed by atoms with Crippen molar-refractivity contribution in [2.75, 3.05) is 13.7 Å². The molecule has 1 atom stereocenters. The molecule has 0 amide bonds. The second-order valence-electron chi connectivity index (χ2n) is 3.93. The molecule has 0 spiro atoms. The van der Waals surface area contributed by atoms with Crippen molar-refractivity contribution in [3.8, 4) is 5.75 Å². The first-order valence-corrected chi connectivity index (χ1v) is 4.59. The van der Waals surface area contributed by atoms with E-state index in [0.717, 1.165) is 5.56 Å². The molecule has 0 aliphatic heterocycles. The molecule has 0 aromatic heterocycles. The predicted molar refractivity (Wildman–Crippen MR) is 56.3 cm³/mol. The van der Waals surface area contributed by atoms with E-state index in [4.69, 9.17) is 10.5 Å². The quantitative estimate of drug-likeness (QED) is 0.761. The first kappa shape index (κ1) is 11.0. The third kappa shape index (κ3) is 3.36. The molecule has 1 rings (SSSR count). The average molecular weight is 195 g/mol. The minimum atomic E-state index is -0.386. The molecule has 1 aromatic rings. The number of aromatic hydroxyl groups is 1. The zero-order valence-corrected chi connectivity index (χ0v) is 8.66. The summed E-state index contributed by atoms with van der Waals surface area (Å²) in [5.74, 6) is 0.274. The fourth-order valence-corrected chi connectivity index (χ4v) is 1.51. The van der Waals surface area contributed by atoms with E-state index >= 15 is 0 Å². The van der Waals surface area contributed by atoms with Gasteiger partial charge in [-0.25, -0.2) is 0 Å². The van der Waals surface area contributed by atoms with Gasteiger partial charge in [0.2, 0.25) is 0 Å². The van der Waals surface area contributed by atoms with Crippen molar-refractivity contribution in [3.63, 3.8) is 0 Å². The SMILES string of the molecule is COCC(C)(N)Cc1cccc(O)c1. The Morgan fingerprint density at radius 3 is 2.79 bits per heavy atom. The number of benzene rings is 1. The van der Waals surface area contributed by atoms with Gasteiger partial charge in [-0.2, -0.15) is 0 Å². The van der Waals surface area contributed by atoms with Crippen molar-refractivity contribution in [2.45, 2.75) is 18.9 Å². The van der Waals surface area contributed by atoms with Gasteiger partial charge in [0.15, 0.2) is 0 Å². The van der Waals surface area contributed by atoms with Crippen molar-refractivity contribution < 1.29 is 9.84 Å². The van der Waals surface area contributed by atoms with E-state index in [1.165, 1.54) is 0 Å². The number of hydrogen-bond acceptors (Lipinski definition) is 3. The zero-order valence-electron chi connectivity index (χ0n) is 8.66. The molecule has 0 heterocycles. The third-order valence-corrected chi connectivity index (χ3v) is 1.99. The van der Waals surface area contributed by atoms with Gasteiger partial charge in [-0.05, 0) is 31.0 Å². The van der Waals surface area contributed by atoms with Gasteiger partial charge in [0.05, 0.1) is 6.61 Å². The lowest BCUT2D eigenvalue weighted by Crippen LogP contribution is -2.43. The van der Waals surface area contributed by atoms with Gasteiger partial charge >= 0.3 is 0 Å². The standard InChI is InChI=1S/C11H17NO2/c1-11(12,8-14-2)7-9-4-3-5-10(13)6-9/h3-6,13H,7-8,12H2,1-2H3. The molecule has 0 radical (unpaired) electrons. The van der Waals surface area contributed by atoms with E-state index in [2.05, 4.69) is 0 Å². The van der Waals surface area contributed by atoms with Crippen LogP contribution in [-0.2, 0) is 11.2 Å². The maximum absolute atomic E-state index is 9.27. The van der Waals surface area contributed by atoms with Crippen LogP contribution in [0.2, 0.25) is 0 Å². The van der Waals surface area contributed by atoms with Crippen LogP contribution in [-0.4, -0.2) is 24.4 Å². The number of phenols is 1. The predicted octanol–water partition coefficient (Wildman–Crippen LogP) is 1.30. The van der Waals surface area contributed by atoms with Gasteiger partial charge in [0.25, 0.3) is 0 Å². The third-order valence-electron chi connectivity index (χ3n) is 1.99. The molecule has 78 valence electrons. The number of ether oxygens (including phenoxy) is 1.